The van der Waals surface area contributed by atoms with E-state index in [1.807, 2.05) is 48.5 Å². The number of hydrogen-bond acceptors (Lipinski definition) is 3. The number of carbonyl (C=O) groups excluding carboxylic acids is 1. The van der Waals surface area contributed by atoms with Crippen molar-refractivity contribution in [3.8, 4) is 5.75 Å². The molecule has 0 bridgehead atoms. The molecular weight excluding hydrogens is 436 g/mol. The van der Waals surface area contributed by atoms with Gasteiger partial charge in [0, 0.05) is 29.7 Å². The molecule has 1 heterocycles. The number of aromatic nitrogens is 1. The molecule has 0 unspecified atom stereocenters. The predicted molar refractivity (Wildman–Crippen MR) is 143 cm³/mol. The van der Waals surface area contributed by atoms with Gasteiger partial charge >= 0.3 is 5.97 Å². The molecule has 0 amide bonds. The molecule has 1 aromatic heterocycles. The molecule has 0 radical (unpaired) electrons. The van der Waals surface area contributed by atoms with Crippen molar-refractivity contribution in [3.05, 3.63) is 96.2 Å². The van der Waals surface area contributed by atoms with Crippen LogP contribution in [0.3, 0.4) is 0 Å². The second-order valence-corrected chi connectivity index (χ2v) is 9.76. The molecule has 5 heteroatoms. The van der Waals surface area contributed by atoms with Gasteiger partial charge in [-0.1, -0.05) is 36.4 Å². The maximum absolute atomic E-state index is 12.4. The number of ether oxygens (including phenoxy) is 2. The third kappa shape index (κ3) is 6.74. The Labute approximate surface area is 208 Å². The first-order valence-corrected chi connectivity index (χ1v) is 12.2. The zero-order valence-electron chi connectivity index (χ0n) is 20.9. The van der Waals surface area contributed by atoms with E-state index in [0.717, 1.165) is 42.8 Å². The number of quaternary nitrogens is 1. The van der Waals surface area contributed by atoms with E-state index in [2.05, 4.69) is 62.2 Å². The van der Waals surface area contributed by atoms with Crippen LogP contribution in [0.15, 0.2) is 85.1 Å². The van der Waals surface area contributed by atoms with E-state index in [1.54, 1.807) is 0 Å². The molecule has 3 aromatic carbocycles. The third-order valence-corrected chi connectivity index (χ3v) is 6.12. The fraction of sp³-hybridized carbons (Fsp3) is 0.300. The van der Waals surface area contributed by atoms with Crippen LogP contribution < -0.4 is 9.22 Å². The highest BCUT2D eigenvalue weighted by molar-refractivity contribution is 5.90. The van der Waals surface area contributed by atoms with Gasteiger partial charge in [0.05, 0.1) is 33.3 Å². The van der Waals surface area contributed by atoms with Crippen LogP contribution in [0.5, 0.6) is 5.75 Å². The van der Waals surface area contributed by atoms with E-state index >= 15 is 0 Å². The van der Waals surface area contributed by atoms with Crippen LogP contribution in [-0.2, 0) is 17.9 Å². The molecular formula is C30H35N2O3+. The van der Waals surface area contributed by atoms with Crippen LogP contribution in [0.4, 0.5) is 5.69 Å². The van der Waals surface area contributed by atoms with E-state index < -0.39 is 0 Å². The molecule has 0 N–H and O–H groups in total. The van der Waals surface area contributed by atoms with Crippen molar-refractivity contribution in [1.82, 2.24) is 9.05 Å². The lowest BCUT2D eigenvalue weighted by molar-refractivity contribution is 0.0497. The van der Waals surface area contributed by atoms with Crippen molar-refractivity contribution in [1.29, 1.82) is 0 Å². The van der Waals surface area contributed by atoms with E-state index in [0.29, 0.717) is 23.3 Å². The zero-order valence-corrected chi connectivity index (χ0v) is 20.9. The molecule has 0 saturated carbocycles. The van der Waals surface area contributed by atoms with Gasteiger partial charge in [-0.25, -0.2) is 4.79 Å². The van der Waals surface area contributed by atoms with Gasteiger partial charge in [-0.15, -0.1) is 0 Å². The summed E-state index contributed by atoms with van der Waals surface area (Å²) in [7, 11) is 6.24. The summed E-state index contributed by atoms with van der Waals surface area (Å²) < 4.78 is 14.4. The Kier molecular flexibility index (Phi) is 7.88. The minimum absolute atomic E-state index is 0.248. The third-order valence-electron chi connectivity index (χ3n) is 6.12. The number of fused-ring (bicyclic) bond motifs is 1. The molecule has 4 aromatic rings. The summed E-state index contributed by atoms with van der Waals surface area (Å²) in [4.78, 5) is 12.4. The molecule has 0 saturated heterocycles. The number of rotatable bonds is 11. The highest BCUT2D eigenvalue weighted by Gasteiger charge is 2.15. The lowest BCUT2D eigenvalue weighted by Crippen LogP contribution is -2.34. The van der Waals surface area contributed by atoms with E-state index in [1.165, 1.54) is 10.9 Å². The largest absolute Gasteiger partial charge is 0.489 e. The Morgan fingerprint density at radius 3 is 2.49 bits per heavy atom. The van der Waals surface area contributed by atoms with Crippen molar-refractivity contribution in [2.45, 2.75) is 32.4 Å². The average molecular weight is 472 g/mol. The van der Waals surface area contributed by atoms with E-state index in [9.17, 15) is 4.79 Å². The first-order chi connectivity index (χ1) is 16.9. The molecule has 5 nitrogen and oxygen atoms in total. The van der Waals surface area contributed by atoms with Gasteiger partial charge < -0.3 is 14.0 Å². The highest BCUT2D eigenvalue weighted by atomic mass is 16.5. The van der Waals surface area contributed by atoms with Gasteiger partial charge in [0.1, 0.15) is 18.0 Å². The maximum Gasteiger partial charge on any atom is 0.338 e. The fourth-order valence-electron chi connectivity index (χ4n) is 4.06. The van der Waals surface area contributed by atoms with Crippen molar-refractivity contribution < 1.29 is 14.3 Å². The highest BCUT2D eigenvalue weighted by Crippen LogP contribution is 2.23. The molecule has 0 spiro atoms. The van der Waals surface area contributed by atoms with Crippen molar-refractivity contribution in [2.24, 2.45) is 0 Å². The Bertz CT molecular complexity index is 1260. The maximum atomic E-state index is 12.4. The summed E-state index contributed by atoms with van der Waals surface area (Å²) in [5.41, 5.74) is 4.06. The second kappa shape index (κ2) is 11.2. The van der Waals surface area contributed by atoms with Crippen LogP contribution in [0, 0.1) is 0 Å². The SMILES string of the molecule is C[N+](C)(C)c1cccc(C(=O)OCCCCCn2ccc3cc(OCc4ccccc4)ccc32)c1. The molecule has 182 valence electrons. The van der Waals surface area contributed by atoms with Crippen LogP contribution in [0.1, 0.15) is 35.2 Å². The lowest BCUT2D eigenvalue weighted by atomic mass is 10.2. The van der Waals surface area contributed by atoms with E-state index in [4.69, 9.17) is 9.47 Å². The molecule has 0 aliphatic rings. The van der Waals surface area contributed by atoms with Gasteiger partial charge in [-0.3, -0.25) is 4.48 Å². The summed E-state index contributed by atoms with van der Waals surface area (Å²) in [6.07, 6.45) is 5.03. The Morgan fingerprint density at radius 1 is 0.857 bits per heavy atom. The van der Waals surface area contributed by atoms with Crippen molar-refractivity contribution in [2.75, 3.05) is 27.7 Å². The topological polar surface area (TPSA) is 40.5 Å². The fourth-order valence-corrected chi connectivity index (χ4v) is 4.06. The zero-order chi connectivity index (χ0) is 24.7. The summed E-state index contributed by atoms with van der Waals surface area (Å²) in [6.45, 7) is 1.95. The number of unbranched alkanes of at least 4 members (excludes halogenated alkanes) is 2. The molecule has 0 fully saturated rings. The van der Waals surface area contributed by atoms with Gasteiger partial charge in [0.2, 0.25) is 0 Å². The molecule has 35 heavy (non-hydrogen) atoms. The number of hydrogen-bond donors (Lipinski definition) is 0. The van der Waals surface area contributed by atoms with Crippen molar-refractivity contribution in [3.63, 3.8) is 0 Å². The Balaban J connectivity index is 1.20. The van der Waals surface area contributed by atoms with Gasteiger partial charge in [0.25, 0.3) is 0 Å². The van der Waals surface area contributed by atoms with Crippen LogP contribution in [0.25, 0.3) is 10.9 Å². The number of carbonyl (C=O) groups is 1. The minimum atomic E-state index is -0.248. The predicted octanol–water partition coefficient (Wildman–Crippen LogP) is 6.44. The molecule has 0 aliphatic heterocycles. The second-order valence-electron chi connectivity index (χ2n) is 9.76. The van der Waals surface area contributed by atoms with Gasteiger partial charge in [-0.2, -0.15) is 0 Å². The van der Waals surface area contributed by atoms with Crippen LogP contribution >= 0.6 is 0 Å². The quantitative estimate of drug-likeness (QED) is 0.143. The Morgan fingerprint density at radius 2 is 1.69 bits per heavy atom. The first-order valence-electron chi connectivity index (χ1n) is 12.2. The van der Waals surface area contributed by atoms with E-state index in [-0.39, 0.29) is 5.97 Å². The number of esters is 1. The molecule has 0 aliphatic carbocycles. The van der Waals surface area contributed by atoms with Gasteiger partial charge in [-0.05, 0) is 61.2 Å². The summed E-state index contributed by atoms with van der Waals surface area (Å²) in [6, 6.07) is 26.3. The first kappa shape index (κ1) is 24.6. The standard InChI is InChI=1S/C30H35N2O3/c1-32(2,3)27-14-10-13-26(21-27)30(33)34-20-9-5-8-18-31-19-17-25-22-28(15-16-29(25)31)35-23-24-11-6-4-7-12-24/h4,6-7,10-17,19,21-22H,5,8-9,18,20,23H2,1-3H3/q+1. The number of aryl methyl sites for hydroxylation is 1. The monoisotopic (exact) mass is 471 g/mol. The van der Waals surface area contributed by atoms with Crippen LogP contribution in [0.2, 0.25) is 0 Å². The smallest absolute Gasteiger partial charge is 0.338 e. The number of benzene rings is 3. The van der Waals surface area contributed by atoms with Crippen LogP contribution in [-0.4, -0.2) is 38.3 Å². The average Bonchev–Trinajstić information content (AvgIpc) is 3.27. The molecule has 4 rings (SSSR count). The molecule has 0 atom stereocenters. The lowest BCUT2D eigenvalue weighted by Gasteiger charge is -2.23. The summed E-state index contributed by atoms with van der Waals surface area (Å²) >= 11 is 0. The Hall–Kier alpha value is -3.57. The summed E-state index contributed by atoms with van der Waals surface area (Å²) in [5.74, 6) is 0.634. The van der Waals surface area contributed by atoms with Crippen molar-refractivity contribution >= 4 is 22.6 Å². The number of nitrogens with zero attached hydrogens (tertiary/aromatic N) is 2. The normalized spacial score (nSPS) is 11.5. The minimum Gasteiger partial charge on any atom is -0.489 e. The van der Waals surface area contributed by atoms with Gasteiger partial charge in [0.15, 0.2) is 0 Å². The summed E-state index contributed by atoms with van der Waals surface area (Å²) in [5, 5.41) is 1.18.